The molecule has 2 aliphatic rings. The van der Waals surface area contributed by atoms with Crippen LogP contribution in [0.3, 0.4) is 0 Å². The number of rotatable bonds is 4. The van der Waals surface area contributed by atoms with E-state index in [1.165, 1.54) is 11.1 Å². The number of likely N-dealkylation sites (tertiary alicyclic amines) is 2. The Labute approximate surface area is 162 Å². The van der Waals surface area contributed by atoms with E-state index in [1.807, 2.05) is 12.3 Å². The van der Waals surface area contributed by atoms with Crippen molar-refractivity contribution in [1.29, 1.82) is 0 Å². The van der Waals surface area contributed by atoms with Crippen LogP contribution in [0.4, 0.5) is 0 Å². The molecule has 0 bridgehead atoms. The van der Waals surface area contributed by atoms with Crippen LogP contribution in [0.1, 0.15) is 45.1 Å². The molecule has 2 aromatic rings. The summed E-state index contributed by atoms with van der Waals surface area (Å²) in [6, 6.07) is 13.1. The maximum atomic E-state index is 13.3. The number of carbonyl (C=O) groups excluding carboxylic acids is 1. The quantitative estimate of drug-likeness (QED) is 0.820. The van der Waals surface area contributed by atoms with Crippen LogP contribution in [0.2, 0.25) is 0 Å². The molecule has 4 heteroatoms. The largest absolute Gasteiger partial charge is 0.339 e. The molecule has 4 rings (SSSR count). The van der Waals surface area contributed by atoms with Crippen molar-refractivity contribution in [3.8, 4) is 11.1 Å². The van der Waals surface area contributed by atoms with Gasteiger partial charge in [-0.05, 0) is 68.8 Å². The monoisotopic (exact) mass is 363 g/mol. The highest BCUT2D eigenvalue weighted by molar-refractivity contribution is 5.87. The molecule has 0 aliphatic carbocycles. The van der Waals surface area contributed by atoms with E-state index in [0.717, 1.165) is 50.9 Å². The first-order valence-corrected chi connectivity index (χ1v) is 10.2. The van der Waals surface area contributed by atoms with Gasteiger partial charge in [0.2, 0.25) is 5.91 Å². The van der Waals surface area contributed by atoms with Gasteiger partial charge in [0.25, 0.3) is 0 Å². The Hall–Kier alpha value is -2.20. The van der Waals surface area contributed by atoms with E-state index in [0.29, 0.717) is 5.91 Å². The predicted octanol–water partition coefficient (Wildman–Crippen LogP) is 4.11. The topological polar surface area (TPSA) is 36.4 Å². The molecule has 1 amide bonds. The highest BCUT2D eigenvalue weighted by Crippen LogP contribution is 2.39. The summed E-state index contributed by atoms with van der Waals surface area (Å²) < 4.78 is 0. The highest BCUT2D eigenvalue weighted by atomic mass is 16.2. The second kappa shape index (κ2) is 7.43. The van der Waals surface area contributed by atoms with Crippen LogP contribution < -0.4 is 0 Å². The summed E-state index contributed by atoms with van der Waals surface area (Å²) in [7, 11) is 0. The average Bonchev–Trinajstić information content (AvgIpc) is 3.08. The molecule has 2 fully saturated rings. The van der Waals surface area contributed by atoms with Gasteiger partial charge in [0.1, 0.15) is 5.54 Å². The van der Waals surface area contributed by atoms with Gasteiger partial charge in [0, 0.05) is 31.5 Å². The Bertz CT molecular complexity index is 787. The summed E-state index contributed by atoms with van der Waals surface area (Å²) in [4.78, 5) is 22.0. The van der Waals surface area contributed by atoms with E-state index < -0.39 is 0 Å². The van der Waals surface area contributed by atoms with Crippen LogP contribution in [-0.4, -0.2) is 45.4 Å². The summed E-state index contributed by atoms with van der Waals surface area (Å²) >= 11 is 0. The van der Waals surface area contributed by atoms with Gasteiger partial charge >= 0.3 is 0 Å². The van der Waals surface area contributed by atoms with Crippen LogP contribution in [0.15, 0.2) is 48.8 Å². The molecule has 1 aromatic heterocycles. The molecule has 1 aromatic carbocycles. The van der Waals surface area contributed by atoms with Crippen LogP contribution in [0.5, 0.6) is 0 Å². The lowest BCUT2D eigenvalue weighted by Gasteiger charge is -2.46. The molecular weight excluding hydrogens is 334 g/mol. The second-order valence-corrected chi connectivity index (χ2v) is 8.19. The summed E-state index contributed by atoms with van der Waals surface area (Å²) in [6.45, 7) is 7.04. The Balaban J connectivity index is 1.52. The van der Waals surface area contributed by atoms with Crippen molar-refractivity contribution in [2.75, 3.05) is 13.1 Å². The van der Waals surface area contributed by atoms with Crippen molar-refractivity contribution in [3.05, 3.63) is 54.4 Å². The zero-order valence-electron chi connectivity index (χ0n) is 16.4. The minimum absolute atomic E-state index is 0.273. The van der Waals surface area contributed by atoms with Crippen molar-refractivity contribution in [1.82, 2.24) is 14.8 Å². The fourth-order valence-electron chi connectivity index (χ4n) is 4.76. The summed E-state index contributed by atoms with van der Waals surface area (Å²) in [5.41, 5.74) is 3.32. The maximum absolute atomic E-state index is 13.3. The maximum Gasteiger partial charge on any atom is 0.243 e. The van der Waals surface area contributed by atoms with Crippen molar-refractivity contribution < 1.29 is 4.79 Å². The lowest BCUT2D eigenvalue weighted by Crippen LogP contribution is -2.61. The number of aromatic nitrogens is 1. The number of piperidine rings is 1. The molecule has 0 radical (unpaired) electrons. The zero-order valence-corrected chi connectivity index (χ0v) is 16.4. The third-order valence-corrected chi connectivity index (χ3v) is 6.22. The SMILES string of the molecule is CC(C)N1CCCC2(CCCN2Cc2ccc(-c3cccnc3)cc2)C1=O. The number of amides is 1. The van der Waals surface area contributed by atoms with Crippen molar-refractivity contribution >= 4 is 5.91 Å². The normalized spacial score (nSPS) is 23.5. The second-order valence-electron chi connectivity index (χ2n) is 8.19. The van der Waals surface area contributed by atoms with Gasteiger partial charge < -0.3 is 4.90 Å². The average molecular weight is 364 g/mol. The summed E-state index contributed by atoms with van der Waals surface area (Å²) in [6.07, 6.45) is 7.93. The molecular formula is C23H29N3O. The van der Waals surface area contributed by atoms with E-state index in [9.17, 15) is 4.79 Å². The number of carbonyl (C=O) groups is 1. The third kappa shape index (κ3) is 3.39. The van der Waals surface area contributed by atoms with Crippen LogP contribution in [0.25, 0.3) is 11.1 Å². The van der Waals surface area contributed by atoms with Gasteiger partial charge in [0.05, 0.1) is 0 Å². The molecule has 1 unspecified atom stereocenters. The van der Waals surface area contributed by atoms with Crippen LogP contribution in [0, 0.1) is 0 Å². The van der Waals surface area contributed by atoms with Gasteiger partial charge in [-0.1, -0.05) is 30.3 Å². The first-order chi connectivity index (χ1) is 13.1. The molecule has 4 nitrogen and oxygen atoms in total. The number of hydrogen-bond donors (Lipinski definition) is 0. The molecule has 1 spiro atoms. The summed E-state index contributed by atoms with van der Waals surface area (Å²) in [5, 5.41) is 0. The Kier molecular flexibility index (Phi) is 5.00. The Morgan fingerprint density at radius 1 is 1.04 bits per heavy atom. The van der Waals surface area contributed by atoms with Gasteiger partial charge in [-0.2, -0.15) is 0 Å². The highest BCUT2D eigenvalue weighted by Gasteiger charge is 2.50. The number of hydrogen-bond acceptors (Lipinski definition) is 3. The molecule has 2 aliphatic heterocycles. The molecule has 1 atom stereocenters. The molecule has 3 heterocycles. The van der Waals surface area contributed by atoms with E-state index in [4.69, 9.17) is 0 Å². The first kappa shape index (κ1) is 18.2. The predicted molar refractivity (Wildman–Crippen MR) is 108 cm³/mol. The number of pyridine rings is 1. The van der Waals surface area contributed by atoms with Gasteiger partial charge in [0.15, 0.2) is 0 Å². The first-order valence-electron chi connectivity index (χ1n) is 10.2. The molecule has 0 N–H and O–H groups in total. The minimum Gasteiger partial charge on any atom is -0.339 e. The molecule has 27 heavy (non-hydrogen) atoms. The fraction of sp³-hybridized carbons (Fsp3) is 0.478. The van der Waals surface area contributed by atoms with E-state index in [-0.39, 0.29) is 11.6 Å². The Morgan fingerprint density at radius 3 is 2.44 bits per heavy atom. The summed E-state index contributed by atoms with van der Waals surface area (Å²) in [5.74, 6) is 0.355. The van der Waals surface area contributed by atoms with E-state index in [1.54, 1.807) is 6.20 Å². The minimum atomic E-state index is -0.273. The zero-order chi connectivity index (χ0) is 18.9. The van der Waals surface area contributed by atoms with E-state index in [2.05, 4.69) is 59.0 Å². The molecule has 142 valence electrons. The van der Waals surface area contributed by atoms with Crippen molar-refractivity contribution in [2.45, 2.75) is 57.7 Å². The lowest BCUT2D eigenvalue weighted by atomic mass is 9.84. The van der Waals surface area contributed by atoms with Gasteiger partial charge in [-0.15, -0.1) is 0 Å². The third-order valence-electron chi connectivity index (χ3n) is 6.22. The molecule has 0 saturated carbocycles. The van der Waals surface area contributed by atoms with Crippen LogP contribution in [-0.2, 0) is 11.3 Å². The van der Waals surface area contributed by atoms with Gasteiger partial charge in [-0.3, -0.25) is 14.7 Å². The standard InChI is InChI=1S/C23H29N3O/c1-18(2)26-15-5-12-23(22(26)27)11-4-14-25(23)17-19-7-9-20(10-8-19)21-6-3-13-24-16-21/h3,6-10,13,16,18H,4-5,11-12,14-15,17H2,1-2H3. The van der Waals surface area contributed by atoms with E-state index >= 15 is 0 Å². The van der Waals surface area contributed by atoms with Crippen molar-refractivity contribution in [3.63, 3.8) is 0 Å². The molecule has 2 saturated heterocycles. The smallest absolute Gasteiger partial charge is 0.243 e. The lowest BCUT2D eigenvalue weighted by molar-refractivity contribution is -0.149. The number of benzene rings is 1. The fourth-order valence-corrected chi connectivity index (χ4v) is 4.76. The number of nitrogens with zero attached hydrogens (tertiary/aromatic N) is 3. The van der Waals surface area contributed by atoms with Crippen LogP contribution >= 0.6 is 0 Å². The van der Waals surface area contributed by atoms with Crippen molar-refractivity contribution in [2.24, 2.45) is 0 Å². The Morgan fingerprint density at radius 2 is 1.78 bits per heavy atom. The van der Waals surface area contributed by atoms with Gasteiger partial charge in [-0.25, -0.2) is 0 Å².